The molecule has 1 fully saturated rings. The molecule has 144 valence electrons. The minimum atomic E-state index is 0.421. The number of rotatable bonds is 7. The van der Waals surface area contributed by atoms with E-state index in [0.717, 1.165) is 18.9 Å². The normalized spacial score (nSPS) is 19.5. The third kappa shape index (κ3) is 4.80. The molecule has 0 aliphatic carbocycles. The molecule has 0 aromatic heterocycles. The number of hydrogen-bond donors (Lipinski definition) is 2. The molecule has 3 heteroatoms. The van der Waals surface area contributed by atoms with E-state index in [1.807, 2.05) is 30.3 Å². The van der Waals surface area contributed by atoms with Crippen molar-refractivity contribution in [3.63, 3.8) is 0 Å². The molecule has 1 aliphatic rings. The summed E-state index contributed by atoms with van der Waals surface area (Å²) in [5.74, 6) is 0.972. The minimum Gasteiger partial charge on any atom is -0.488 e. The van der Waals surface area contributed by atoms with Crippen molar-refractivity contribution >= 4 is 0 Å². The highest BCUT2D eigenvalue weighted by Gasteiger charge is 2.31. The van der Waals surface area contributed by atoms with E-state index in [9.17, 15) is 0 Å². The van der Waals surface area contributed by atoms with Gasteiger partial charge in [0.05, 0.1) is 0 Å². The van der Waals surface area contributed by atoms with Crippen LogP contribution in [0.15, 0.2) is 91.0 Å². The highest BCUT2D eigenvalue weighted by atomic mass is 16.5. The van der Waals surface area contributed by atoms with Crippen LogP contribution in [0.5, 0.6) is 5.75 Å². The van der Waals surface area contributed by atoms with Crippen molar-refractivity contribution in [1.29, 1.82) is 0 Å². The summed E-state index contributed by atoms with van der Waals surface area (Å²) in [5.41, 5.74) is 2.83. The first-order chi connectivity index (χ1) is 13.9. The molecule has 28 heavy (non-hydrogen) atoms. The number of para-hydroxylation sites is 1. The van der Waals surface area contributed by atoms with Crippen LogP contribution in [-0.2, 0) is 0 Å². The molecule has 4 rings (SSSR count). The van der Waals surface area contributed by atoms with Crippen molar-refractivity contribution < 1.29 is 14.5 Å². The van der Waals surface area contributed by atoms with Gasteiger partial charge in [0.1, 0.15) is 51.1 Å². The van der Waals surface area contributed by atoms with Gasteiger partial charge >= 0.3 is 0 Å². The first-order valence-corrected chi connectivity index (χ1v) is 10.4. The Hall–Kier alpha value is -2.62. The van der Waals surface area contributed by atoms with Gasteiger partial charge < -0.3 is 14.5 Å². The largest absolute Gasteiger partial charge is 0.488 e. The standard InChI is InChI=1S/C25H28N2O/c1-4-10-22(11-5-1)25(23-12-6-2-7-13-23)27-18-16-26(17-19-27)20-21-28-24-14-8-3-9-15-24/h1-15,25H,16-21H2/p+2. The zero-order valence-electron chi connectivity index (χ0n) is 16.4. The van der Waals surface area contributed by atoms with Crippen LogP contribution in [0.4, 0.5) is 0 Å². The highest BCUT2D eigenvalue weighted by Crippen LogP contribution is 2.18. The van der Waals surface area contributed by atoms with Crippen LogP contribution in [0.1, 0.15) is 17.2 Å². The zero-order chi connectivity index (χ0) is 19.0. The SMILES string of the molecule is c1ccc(OCC[NH+]2CC[NH+](C(c3ccccc3)c3ccccc3)CC2)cc1. The first kappa shape index (κ1) is 18.7. The fourth-order valence-electron chi connectivity index (χ4n) is 4.25. The molecule has 1 saturated heterocycles. The van der Waals surface area contributed by atoms with Crippen LogP contribution < -0.4 is 14.5 Å². The predicted molar refractivity (Wildman–Crippen MR) is 113 cm³/mol. The number of piperazine rings is 1. The van der Waals surface area contributed by atoms with Crippen molar-refractivity contribution in [1.82, 2.24) is 0 Å². The molecule has 1 aliphatic heterocycles. The molecule has 0 saturated carbocycles. The second-order valence-electron chi connectivity index (χ2n) is 7.57. The van der Waals surface area contributed by atoms with Gasteiger partial charge in [-0.15, -0.1) is 0 Å². The van der Waals surface area contributed by atoms with Crippen LogP contribution >= 0.6 is 0 Å². The Labute approximate surface area is 168 Å². The Morgan fingerprint density at radius 3 is 1.68 bits per heavy atom. The van der Waals surface area contributed by atoms with Gasteiger partial charge in [-0.05, 0) is 12.1 Å². The van der Waals surface area contributed by atoms with Crippen LogP contribution in [0.25, 0.3) is 0 Å². The van der Waals surface area contributed by atoms with E-state index in [1.54, 1.807) is 9.80 Å². The maximum atomic E-state index is 5.89. The van der Waals surface area contributed by atoms with E-state index in [1.165, 1.54) is 37.3 Å². The van der Waals surface area contributed by atoms with E-state index >= 15 is 0 Å². The Balaban J connectivity index is 1.35. The summed E-state index contributed by atoms with van der Waals surface area (Å²) in [4.78, 5) is 3.32. The summed E-state index contributed by atoms with van der Waals surface area (Å²) < 4.78 is 5.89. The maximum absolute atomic E-state index is 5.89. The van der Waals surface area contributed by atoms with E-state index in [0.29, 0.717) is 6.04 Å². The van der Waals surface area contributed by atoms with Crippen molar-refractivity contribution in [3.05, 3.63) is 102 Å². The lowest BCUT2D eigenvalue weighted by Crippen LogP contribution is -3.28. The number of hydrogen-bond acceptors (Lipinski definition) is 1. The molecule has 3 aromatic carbocycles. The quantitative estimate of drug-likeness (QED) is 0.643. The molecular weight excluding hydrogens is 344 g/mol. The number of ether oxygens (including phenoxy) is 1. The Kier molecular flexibility index (Phi) is 6.38. The molecule has 0 amide bonds. The summed E-state index contributed by atoms with van der Waals surface area (Å²) in [5, 5.41) is 0. The zero-order valence-corrected chi connectivity index (χ0v) is 16.4. The van der Waals surface area contributed by atoms with Crippen molar-refractivity contribution in [3.8, 4) is 5.75 Å². The lowest BCUT2D eigenvalue weighted by atomic mass is 9.96. The topological polar surface area (TPSA) is 18.1 Å². The van der Waals surface area contributed by atoms with Crippen LogP contribution in [0.2, 0.25) is 0 Å². The summed E-state index contributed by atoms with van der Waals surface area (Å²) in [6, 6.07) is 32.5. The Morgan fingerprint density at radius 1 is 0.643 bits per heavy atom. The van der Waals surface area contributed by atoms with Crippen molar-refractivity contribution in [2.24, 2.45) is 0 Å². The first-order valence-electron chi connectivity index (χ1n) is 10.4. The van der Waals surface area contributed by atoms with E-state index in [4.69, 9.17) is 4.74 Å². The minimum absolute atomic E-state index is 0.421. The van der Waals surface area contributed by atoms with Crippen LogP contribution in [0, 0.1) is 0 Å². The molecule has 0 atom stereocenters. The fraction of sp³-hybridized carbons (Fsp3) is 0.280. The van der Waals surface area contributed by atoms with Gasteiger partial charge in [0.15, 0.2) is 0 Å². The van der Waals surface area contributed by atoms with E-state index in [2.05, 4.69) is 60.7 Å². The Morgan fingerprint density at radius 2 is 1.14 bits per heavy atom. The summed E-state index contributed by atoms with van der Waals surface area (Å²) in [7, 11) is 0. The highest BCUT2D eigenvalue weighted by molar-refractivity contribution is 5.29. The van der Waals surface area contributed by atoms with Gasteiger partial charge in [0, 0.05) is 11.1 Å². The number of benzene rings is 3. The fourth-order valence-corrected chi connectivity index (χ4v) is 4.25. The molecule has 0 radical (unpaired) electrons. The molecule has 0 unspecified atom stereocenters. The van der Waals surface area contributed by atoms with Gasteiger partial charge in [-0.3, -0.25) is 0 Å². The lowest BCUT2D eigenvalue weighted by Gasteiger charge is -2.35. The Bertz CT molecular complexity index is 775. The monoisotopic (exact) mass is 374 g/mol. The number of quaternary nitrogens is 2. The average Bonchev–Trinajstić information content (AvgIpc) is 2.77. The molecule has 0 bridgehead atoms. The summed E-state index contributed by atoms with van der Waals surface area (Å²) in [6.45, 7) is 6.64. The molecule has 2 N–H and O–H groups in total. The predicted octanol–water partition coefficient (Wildman–Crippen LogP) is 1.64. The smallest absolute Gasteiger partial charge is 0.139 e. The maximum Gasteiger partial charge on any atom is 0.139 e. The van der Waals surface area contributed by atoms with Gasteiger partial charge in [-0.1, -0.05) is 78.9 Å². The number of nitrogens with one attached hydrogen (secondary N) is 2. The lowest BCUT2D eigenvalue weighted by molar-refractivity contribution is -1.02. The van der Waals surface area contributed by atoms with Crippen molar-refractivity contribution in [2.45, 2.75) is 6.04 Å². The second kappa shape index (κ2) is 9.54. The third-order valence-electron chi connectivity index (χ3n) is 5.74. The molecule has 3 aromatic rings. The van der Waals surface area contributed by atoms with E-state index in [-0.39, 0.29) is 0 Å². The van der Waals surface area contributed by atoms with Gasteiger partial charge in [-0.2, -0.15) is 0 Å². The van der Waals surface area contributed by atoms with Gasteiger partial charge in [-0.25, -0.2) is 0 Å². The molecular formula is C25H30N2O+2. The molecule has 0 spiro atoms. The average molecular weight is 375 g/mol. The van der Waals surface area contributed by atoms with Gasteiger partial charge in [0.25, 0.3) is 0 Å². The van der Waals surface area contributed by atoms with Crippen LogP contribution in [-0.4, -0.2) is 39.3 Å². The third-order valence-corrected chi connectivity index (χ3v) is 5.74. The van der Waals surface area contributed by atoms with Crippen molar-refractivity contribution in [2.75, 3.05) is 39.3 Å². The van der Waals surface area contributed by atoms with Gasteiger partial charge in [0.2, 0.25) is 0 Å². The summed E-state index contributed by atoms with van der Waals surface area (Å²) in [6.07, 6.45) is 0. The second-order valence-corrected chi connectivity index (χ2v) is 7.57. The van der Waals surface area contributed by atoms with E-state index < -0.39 is 0 Å². The molecule has 3 nitrogen and oxygen atoms in total. The van der Waals surface area contributed by atoms with Crippen LogP contribution in [0.3, 0.4) is 0 Å². The summed E-state index contributed by atoms with van der Waals surface area (Å²) >= 11 is 0. The molecule has 1 heterocycles.